The van der Waals surface area contributed by atoms with Crippen LogP contribution in [0.15, 0.2) is 18.2 Å². The highest BCUT2D eigenvalue weighted by Gasteiger charge is 2.27. The zero-order valence-corrected chi connectivity index (χ0v) is 11.2. The second-order valence-electron chi connectivity index (χ2n) is 5.16. The summed E-state index contributed by atoms with van der Waals surface area (Å²) in [7, 11) is -1.64. The molecule has 2 atom stereocenters. The van der Waals surface area contributed by atoms with E-state index in [1.165, 1.54) is 24.6 Å². The highest BCUT2D eigenvalue weighted by atomic mass is 19.1. The monoisotopic (exact) mass is 266 g/mol. The molecule has 1 fully saturated rings. The molecular weight excluding hydrogens is 246 g/mol. The zero-order valence-electron chi connectivity index (χ0n) is 11.2. The predicted octanol–water partition coefficient (Wildman–Crippen LogP) is 1.85. The van der Waals surface area contributed by atoms with E-state index >= 15 is 0 Å². The van der Waals surface area contributed by atoms with E-state index in [9.17, 15) is 14.4 Å². The van der Waals surface area contributed by atoms with E-state index in [1.54, 1.807) is 0 Å². The number of hydrogen-bond donors (Lipinski definition) is 2. The van der Waals surface area contributed by atoms with Gasteiger partial charge in [-0.05, 0) is 37.7 Å². The van der Waals surface area contributed by atoms with Crippen LogP contribution < -0.4 is 10.2 Å². The van der Waals surface area contributed by atoms with E-state index in [0.717, 1.165) is 25.7 Å². The van der Waals surface area contributed by atoms with Crippen molar-refractivity contribution < 1.29 is 19.2 Å². The minimum Gasteiger partial charge on any atom is -0.490 e. The molecule has 2 rings (SSSR count). The van der Waals surface area contributed by atoms with E-state index in [-0.39, 0.29) is 17.3 Å². The van der Waals surface area contributed by atoms with Gasteiger partial charge in [0.05, 0.1) is 0 Å². The van der Waals surface area contributed by atoms with E-state index in [4.69, 9.17) is 4.74 Å². The van der Waals surface area contributed by atoms with E-state index in [1.807, 2.05) is 0 Å². The second-order valence-corrected chi connectivity index (χ2v) is 5.16. The third kappa shape index (κ3) is 3.48. The number of ether oxygens (including phenoxy) is 1. The molecule has 2 unspecified atom stereocenters. The van der Waals surface area contributed by atoms with Crippen molar-refractivity contribution in [2.24, 2.45) is 5.92 Å². The fourth-order valence-corrected chi connectivity index (χ4v) is 2.78. The van der Waals surface area contributed by atoms with Gasteiger partial charge in [0.15, 0.2) is 0 Å². The molecule has 1 saturated carbocycles. The maximum Gasteiger partial charge on any atom is 0.492 e. The molecule has 0 amide bonds. The van der Waals surface area contributed by atoms with Gasteiger partial charge in [0.2, 0.25) is 0 Å². The molecule has 0 aliphatic heterocycles. The zero-order chi connectivity index (χ0) is 13.8. The Hall–Kier alpha value is -1.07. The van der Waals surface area contributed by atoms with Crippen molar-refractivity contribution in [1.29, 1.82) is 0 Å². The Balaban J connectivity index is 2.19. The van der Waals surface area contributed by atoms with Gasteiger partial charge in [0, 0.05) is 11.5 Å². The van der Waals surface area contributed by atoms with Crippen LogP contribution in [0.5, 0.6) is 5.75 Å². The highest BCUT2D eigenvalue weighted by Crippen LogP contribution is 2.30. The van der Waals surface area contributed by atoms with Gasteiger partial charge in [0.25, 0.3) is 0 Å². The summed E-state index contributed by atoms with van der Waals surface area (Å²) in [4.78, 5) is 0. The van der Waals surface area contributed by atoms with Crippen LogP contribution in [0.1, 0.15) is 39.0 Å². The molecule has 0 saturated heterocycles. The first kappa shape index (κ1) is 14.3. The lowest BCUT2D eigenvalue weighted by Gasteiger charge is -2.31. The highest BCUT2D eigenvalue weighted by molar-refractivity contribution is 6.59. The van der Waals surface area contributed by atoms with Crippen molar-refractivity contribution >= 4 is 12.6 Å². The summed E-state index contributed by atoms with van der Waals surface area (Å²) < 4.78 is 19.2. The lowest BCUT2D eigenvalue weighted by Crippen LogP contribution is -2.36. The quantitative estimate of drug-likeness (QED) is 0.818. The van der Waals surface area contributed by atoms with Crippen molar-refractivity contribution in [1.82, 2.24) is 0 Å². The van der Waals surface area contributed by atoms with Crippen LogP contribution in [0.2, 0.25) is 0 Å². The molecule has 0 heterocycles. The van der Waals surface area contributed by atoms with Crippen LogP contribution in [-0.4, -0.2) is 23.3 Å². The minimum absolute atomic E-state index is 0.0399. The average Bonchev–Trinajstić information content (AvgIpc) is 2.39. The van der Waals surface area contributed by atoms with Gasteiger partial charge in [0.1, 0.15) is 17.7 Å². The first-order valence-electron chi connectivity index (χ1n) is 6.94. The maximum atomic E-state index is 13.3. The van der Waals surface area contributed by atoms with E-state index in [0.29, 0.717) is 5.92 Å². The lowest BCUT2D eigenvalue weighted by atomic mass is 9.79. The molecule has 1 aromatic carbocycles. The van der Waals surface area contributed by atoms with Gasteiger partial charge in [-0.15, -0.1) is 0 Å². The Labute approximate surface area is 113 Å². The number of rotatable bonds is 4. The third-order valence-corrected chi connectivity index (χ3v) is 3.90. The number of hydrogen-bond acceptors (Lipinski definition) is 3. The molecular formula is C14H20BFO3. The molecule has 5 heteroatoms. The minimum atomic E-state index is -1.64. The summed E-state index contributed by atoms with van der Waals surface area (Å²) >= 11 is 0. The normalized spacial score (nSPS) is 23.2. The Morgan fingerprint density at radius 3 is 2.74 bits per heavy atom. The summed E-state index contributed by atoms with van der Waals surface area (Å²) in [5.41, 5.74) is 0.224. The standard InChI is InChI=1S/C14H20BFO3/c1-2-10-5-3-4-6-13(10)19-14-9-11(16)7-8-12(14)15(17)18/h7-10,13,17-18H,2-6H2,1H3. The Morgan fingerprint density at radius 2 is 2.05 bits per heavy atom. The average molecular weight is 266 g/mol. The van der Waals surface area contributed by atoms with Crippen molar-refractivity contribution in [3.05, 3.63) is 24.0 Å². The molecule has 1 aliphatic carbocycles. The molecule has 0 spiro atoms. The number of halogens is 1. The van der Waals surface area contributed by atoms with Crippen LogP contribution in [0.3, 0.4) is 0 Å². The molecule has 104 valence electrons. The van der Waals surface area contributed by atoms with Gasteiger partial charge in [-0.1, -0.05) is 19.4 Å². The van der Waals surface area contributed by atoms with Gasteiger partial charge in [-0.25, -0.2) is 4.39 Å². The molecule has 3 nitrogen and oxygen atoms in total. The summed E-state index contributed by atoms with van der Waals surface area (Å²) in [5, 5.41) is 18.6. The molecule has 0 bridgehead atoms. The van der Waals surface area contributed by atoms with Crippen LogP contribution >= 0.6 is 0 Å². The van der Waals surface area contributed by atoms with Crippen LogP contribution in [0.25, 0.3) is 0 Å². The predicted molar refractivity (Wildman–Crippen MR) is 72.9 cm³/mol. The van der Waals surface area contributed by atoms with Gasteiger partial charge in [-0.3, -0.25) is 0 Å². The fraction of sp³-hybridized carbons (Fsp3) is 0.571. The fourth-order valence-electron chi connectivity index (χ4n) is 2.78. The molecule has 1 aromatic rings. The molecule has 2 N–H and O–H groups in total. The molecule has 1 aliphatic rings. The Bertz CT molecular complexity index is 425. The van der Waals surface area contributed by atoms with Gasteiger partial charge in [-0.2, -0.15) is 0 Å². The van der Waals surface area contributed by atoms with Gasteiger partial charge < -0.3 is 14.8 Å². The van der Waals surface area contributed by atoms with Crippen molar-refractivity contribution in [3.8, 4) is 5.75 Å². The van der Waals surface area contributed by atoms with E-state index < -0.39 is 12.9 Å². The lowest BCUT2D eigenvalue weighted by molar-refractivity contribution is 0.0908. The van der Waals surface area contributed by atoms with Crippen LogP contribution in [0.4, 0.5) is 4.39 Å². The molecule has 0 aromatic heterocycles. The molecule has 0 radical (unpaired) electrons. The Kier molecular flexibility index (Phi) is 4.83. The van der Waals surface area contributed by atoms with Gasteiger partial charge >= 0.3 is 7.12 Å². The Morgan fingerprint density at radius 1 is 1.32 bits per heavy atom. The van der Waals surface area contributed by atoms with Crippen molar-refractivity contribution in [2.75, 3.05) is 0 Å². The van der Waals surface area contributed by atoms with Crippen LogP contribution in [-0.2, 0) is 0 Å². The van der Waals surface area contributed by atoms with Crippen LogP contribution in [0, 0.1) is 11.7 Å². The topological polar surface area (TPSA) is 49.7 Å². The second kappa shape index (κ2) is 6.39. The summed E-state index contributed by atoms with van der Waals surface area (Å²) in [6.07, 6.45) is 5.43. The van der Waals surface area contributed by atoms with Crippen molar-refractivity contribution in [2.45, 2.75) is 45.1 Å². The largest absolute Gasteiger partial charge is 0.492 e. The summed E-state index contributed by atoms with van der Waals surface area (Å²) in [6.45, 7) is 2.12. The summed E-state index contributed by atoms with van der Waals surface area (Å²) in [5.74, 6) is 0.282. The third-order valence-electron chi connectivity index (χ3n) is 3.90. The maximum absolute atomic E-state index is 13.3. The number of benzene rings is 1. The first-order chi connectivity index (χ1) is 9.11. The SMILES string of the molecule is CCC1CCCCC1Oc1cc(F)ccc1B(O)O. The molecule has 19 heavy (non-hydrogen) atoms. The van der Waals surface area contributed by atoms with Crippen molar-refractivity contribution in [3.63, 3.8) is 0 Å². The first-order valence-corrected chi connectivity index (χ1v) is 6.94. The van der Waals surface area contributed by atoms with E-state index in [2.05, 4.69) is 6.92 Å². The smallest absolute Gasteiger partial charge is 0.490 e. The summed E-state index contributed by atoms with van der Waals surface area (Å²) in [6, 6.07) is 3.80.